The van der Waals surface area contributed by atoms with Gasteiger partial charge in [-0.3, -0.25) is 9.59 Å². The van der Waals surface area contributed by atoms with E-state index in [4.69, 9.17) is 10.5 Å². The molecule has 0 fully saturated rings. The summed E-state index contributed by atoms with van der Waals surface area (Å²) in [5.41, 5.74) is 8.02. The molecule has 2 aromatic rings. The van der Waals surface area contributed by atoms with Crippen LogP contribution in [-0.4, -0.2) is 25.0 Å². The van der Waals surface area contributed by atoms with Crippen LogP contribution in [0.4, 0.5) is 0 Å². The second kappa shape index (κ2) is 12.1. The number of rotatable bonds is 9. The largest absolute Gasteiger partial charge is 0.466 e. The molecule has 0 saturated heterocycles. The van der Waals surface area contributed by atoms with E-state index < -0.39 is 5.92 Å². The summed E-state index contributed by atoms with van der Waals surface area (Å²) >= 11 is 0. The number of ether oxygens (including phenoxy) is 1. The van der Waals surface area contributed by atoms with E-state index in [1.54, 1.807) is 6.92 Å². The lowest BCUT2D eigenvalue weighted by atomic mass is 9.99. The van der Waals surface area contributed by atoms with Gasteiger partial charge in [0.25, 0.3) is 0 Å². The molecule has 1 amide bonds. The van der Waals surface area contributed by atoms with Crippen molar-refractivity contribution in [2.75, 3.05) is 13.2 Å². The van der Waals surface area contributed by atoms with Crippen LogP contribution in [0.5, 0.6) is 0 Å². The average molecular weight is 391 g/mol. The summed E-state index contributed by atoms with van der Waals surface area (Å²) in [6.07, 6.45) is 0.690. The number of amides is 1. The highest BCUT2D eigenvalue weighted by atomic mass is 35.5. The maximum Gasteiger partial charge on any atom is 0.311 e. The summed E-state index contributed by atoms with van der Waals surface area (Å²) < 4.78 is 5.14. The molecule has 0 aromatic heterocycles. The number of halogens is 1. The fourth-order valence-electron chi connectivity index (χ4n) is 2.72. The molecule has 0 saturated carbocycles. The van der Waals surface area contributed by atoms with E-state index in [0.29, 0.717) is 13.0 Å². The van der Waals surface area contributed by atoms with Crippen molar-refractivity contribution < 1.29 is 14.3 Å². The molecule has 3 N–H and O–H groups in total. The van der Waals surface area contributed by atoms with Crippen molar-refractivity contribution in [1.29, 1.82) is 0 Å². The zero-order valence-electron chi connectivity index (χ0n) is 15.5. The molecule has 2 unspecified atom stereocenters. The van der Waals surface area contributed by atoms with Crippen LogP contribution < -0.4 is 11.1 Å². The minimum absolute atomic E-state index is 0. The van der Waals surface area contributed by atoms with Crippen LogP contribution in [0, 0.1) is 5.92 Å². The van der Waals surface area contributed by atoms with Crippen LogP contribution in [0.1, 0.15) is 30.5 Å². The Morgan fingerprint density at radius 3 is 2.22 bits per heavy atom. The smallest absolute Gasteiger partial charge is 0.311 e. The highest BCUT2D eigenvalue weighted by Gasteiger charge is 2.21. The van der Waals surface area contributed by atoms with Crippen molar-refractivity contribution in [3.05, 3.63) is 71.8 Å². The standard InChI is InChI=1S/C21H26N2O3.ClH/c1-2-26-21(25)18(13-16-9-5-3-6-10-16)15-23-20(24)14-19(22)17-11-7-4-8-12-17;/h3-12,18-19H,2,13-15,22H2,1H3,(H,23,24);1H. The fourth-order valence-corrected chi connectivity index (χ4v) is 2.72. The Morgan fingerprint density at radius 1 is 1.04 bits per heavy atom. The lowest BCUT2D eigenvalue weighted by molar-refractivity contribution is -0.147. The lowest BCUT2D eigenvalue weighted by Crippen LogP contribution is -2.36. The summed E-state index contributed by atoms with van der Waals surface area (Å²) in [6.45, 7) is 2.32. The normalized spacial score (nSPS) is 12.4. The van der Waals surface area contributed by atoms with Gasteiger partial charge in [0.05, 0.1) is 12.5 Å². The molecule has 0 aliphatic heterocycles. The van der Waals surface area contributed by atoms with Gasteiger partial charge in [0.15, 0.2) is 0 Å². The van der Waals surface area contributed by atoms with Gasteiger partial charge in [-0.25, -0.2) is 0 Å². The maximum atomic E-state index is 12.2. The Kier molecular flexibility index (Phi) is 10.2. The monoisotopic (exact) mass is 390 g/mol. The fraction of sp³-hybridized carbons (Fsp3) is 0.333. The van der Waals surface area contributed by atoms with E-state index in [0.717, 1.165) is 11.1 Å². The molecule has 0 radical (unpaired) electrons. The Labute approximate surface area is 166 Å². The van der Waals surface area contributed by atoms with Gasteiger partial charge >= 0.3 is 5.97 Å². The molecular formula is C21H27ClN2O3. The third-order valence-corrected chi connectivity index (χ3v) is 4.12. The number of benzene rings is 2. The number of nitrogens with two attached hydrogens (primary N) is 1. The van der Waals surface area contributed by atoms with Crippen LogP contribution in [-0.2, 0) is 20.7 Å². The third kappa shape index (κ3) is 7.81. The van der Waals surface area contributed by atoms with Crippen molar-refractivity contribution in [3.63, 3.8) is 0 Å². The van der Waals surface area contributed by atoms with Gasteiger partial charge in [-0.05, 0) is 24.5 Å². The van der Waals surface area contributed by atoms with Crippen molar-refractivity contribution in [2.24, 2.45) is 11.7 Å². The highest BCUT2D eigenvalue weighted by molar-refractivity contribution is 5.85. The van der Waals surface area contributed by atoms with Crippen molar-refractivity contribution in [3.8, 4) is 0 Å². The second-order valence-corrected chi connectivity index (χ2v) is 6.16. The highest BCUT2D eigenvalue weighted by Crippen LogP contribution is 2.14. The van der Waals surface area contributed by atoms with Gasteiger partial charge in [-0.2, -0.15) is 0 Å². The SMILES string of the molecule is CCOC(=O)C(CNC(=O)CC(N)c1ccccc1)Cc1ccccc1.Cl. The first-order chi connectivity index (χ1) is 12.6. The minimum atomic E-state index is -0.422. The molecule has 2 atom stereocenters. The first kappa shape index (κ1) is 22.7. The second-order valence-electron chi connectivity index (χ2n) is 6.16. The minimum Gasteiger partial charge on any atom is -0.466 e. The Balaban J connectivity index is 0.00000364. The van der Waals surface area contributed by atoms with E-state index in [1.165, 1.54) is 0 Å². The summed E-state index contributed by atoms with van der Waals surface area (Å²) in [6, 6.07) is 18.8. The van der Waals surface area contributed by atoms with E-state index in [1.807, 2.05) is 60.7 Å². The Morgan fingerprint density at radius 2 is 1.63 bits per heavy atom. The van der Waals surface area contributed by atoms with Gasteiger partial charge in [0, 0.05) is 19.0 Å². The zero-order valence-corrected chi connectivity index (χ0v) is 16.3. The van der Waals surface area contributed by atoms with Crippen LogP contribution in [0.2, 0.25) is 0 Å². The van der Waals surface area contributed by atoms with Gasteiger partial charge < -0.3 is 15.8 Å². The molecule has 0 aliphatic carbocycles. The number of carbonyl (C=O) groups excluding carboxylic acids is 2. The van der Waals surface area contributed by atoms with Crippen LogP contribution in [0.3, 0.4) is 0 Å². The topological polar surface area (TPSA) is 81.4 Å². The van der Waals surface area contributed by atoms with Crippen molar-refractivity contribution in [2.45, 2.75) is 25.8 Å². The van der Waals surface area contributed by atoms with E-state index in [9.17, 15) is 9.59 Å². The quantitative estimate of drug-likeness (QED) is 0.645. The molecule has 27 heavy (non-hydrogen) atoms. The molecule has 146 valence electrons. The molecular weight excluding hydrogens is 364 g/mol. The van der Waals surface area contributed by atoms with Gasteiger partial charge in [-0.15, -0.1) is 12.4 Å². The van der Waals surface area contributed by atoms with Crippen LogP contribution in [0.25, 0.3) is 0 Å². The maximum absolute atomic E-state index is 12.2. The lowest BCUT2D eigenvalue weighted by Gasteiger charge is -2.17. The van der Waals surface area contributed by atoms with Gasteiger partial charge in [0.1, 0.15) is 0 Å². The third-order valence-electron chi connectivity index (χ3n) is 4.12. The Hall–Kier alpha value is -2.37. The molecule has 0 spiro atoms. The number of carbonyl (C=O) groups is 2. The average Bonchev–Trinajstić information content (AvgIpc) is 2.66. The Bertz CT molecular complexity index is 695. The summed E-state index contributed by atoms with van der Waals surface area (Å²) in [4.78, 5) is 24.4. The van der Waals surface area contributed by atoms with Gasteiger partial charge in [0.2, 0.25) is 5.91 Å². The van der Waals surface area contributed by atoms with E-state index in [2.05, 4.69) is 5.32 Å². The molecule has 5 nitrogen and oxygen atoms in total. The summed E-state index contributed by atoms with van der Waals surface area (Å²) in [5, 5.41) is 2.82. The summed E-state index contributed by atoms with van der Waals surface area (Å²) in [7, 11) is 0. The number of esters is 1. The first-order valence-corrected chi connectivity index (χ1v) is 8.88. The predicted molar refractivity (Wildman–Crippen MR) is 109 cm³/mol. The first-order valence-electron chi connectivity index (χ1n) is 8.88. The molecule has 2 aromatic carbocycles. The number of hydrogen-bond donors (Lipinski definition) is 2. The predicted octanol–water partition coefficient (Wildman–Crippen LogP) is 3.04. The molecule has 6 heteroatoms. The zero-order chi connectivity index (χ0) is 18.8. The molecule has 2 rings (SSSR count). The van der Waals surface area contributed by atoms with E-state index in [-0.39, 0.29) is 43.3 Å². The van der Waals surface area contributed by atoms with Gasteiger partial charge in [-0.1, -0.05) is 60.7 Å². The molecule has 0 bridgehead atoms. The molecule has 0 aliphatic rings. The number of hydrogen-bond acceptors (Lipinski definition) is 4. The van der Waals surface area contributed by atoms with Crippen molar-refractivity contribution >= 4 is 24.3 Å². The van der Waals surface area contributed by atoms with Crippen molar-refractivity contribution in [1.82, 2.24) is 5.32 Å². The van der Waals surface area contributed by atoms with Crippen LogP contribution in [0.15, 0.2) is 60.7 Å². The van der Waals surface area contributed by atoms with Crippen LogP contribution >= 0.6 is 12.4 Å². The number of nitrogens with one attached hydrogen (secondary N) is 1. The summed E-state index contributed by atoms with van der Waals surface area (Å²) in [5.74, 6) is -0.901. The van der Waals surface area contributed by atoms with E-state index >= 15 is 0 Å². The molecule has 0 heterocycles.